The molecule has 0 fully saturated rings. The van der Waals surface area contributed by atoms with Gasteiger partial charge < -0.3 is 15.4 Å². The van der Waals surface area contributed by atoms with Crippen LogP contribution in [-0.2, 0) is 29.1 Å². The number of ether oxygens (including phenoxy) is 1. The fraction of sp³-hybridized carbons (Fsp3) is 0.500. The van der Waals surface area contributed by atoms with E-state index in [0.29, 0.717) is 5.69 Å². The maximum atomic E-state index is 12.2. The molecule has 156 valence electrons. The van der Waals surface area contributed by atoms with Gasteiger partial charge in [0.25, 0.3) is 5.91 Å². The maximum absolute atomic E-state index is 12.2. The van der Waals surface area contributed by atoms with Crippen LogP contribution in [0.2, 0.25) is 0 Å². The van der Waals surface area contributed by atoms with E-state index in [1.165, 1.54) is 31.2 Å². The lowest BCUT2D eigenvalue weighted by Gasteiger charge is -2.17. The van der Waals surface area contributed by atoms with Crippen LogP contribution < -0.4 is 15.4 Å². The highest BCUT2D eigenvalue weighted by molar-refractivity contribution is 7.89. The molecule has 1 atom stereocenters. The number of anilines is 1. The fourth-order valence-electron chi connectivity index (χ4n) is 1.97. The van der Waals surface area contributed by atoms with Crippen molar-refractivity contribution in [2.75, 3.05) is 18.5 Å². The average Bonchev–Trinajstić information content (AvgIpc) is 2.59. The smallest absolute Gasteiger partial charge is 0.307 e. The van der Waals surface area contributed by atoms with Gasteiger partial charge in [0.15, 0.2) is 6.61 Å². The summed E-state index contributed by atoms with van der Waals surface area (Å²) in [5.41, 5.74) is 0.472. The molecule has 0 bridgehead atoms. The molecule has 0 heterocycles. The zero-order valence-corrected chi connectivity index (χ0v) is 17.3. The molecule has 0 aliphatic rings. The Labute approximate surface area is 165 Å². The van der Waals surface area contributed by atoms with Gasteiger partial charge in [-0.05, 0) is 37.1 Å². The Kier molecular flexibility index (Phi) is 9.07. The molecular weight excluding hydrogens is 386 g/mol. The lowest BCUT2D eigenvalue weighted by Crippen LogP contribution is -2.38. The van der Waals surface area contributed by atoms with E-state index in [1.54, 1.807) is 0 Å². The summed E-state index contributed by atoms with van der Waals surface area (Å²) in [7, 11) is -3.81. The van der Waals surface area contributed by atoms with Gasteiger partial charge in [0.2, 0.25) is 15.9 Å². The van der Waals surface area contributed by atoms with E-state index < -0.39 is 28.5 Å². The minimum Gasteiger partial charge on any atom is -0.456 e. The van der Waals surface area contributed by atoms with Crippen LogP contribution in [0.15, 0.2) is 29.2 Å². The van der Waals surface area contributed by atoms with E-state index in [0.717, 1.165) is 0 Å². The van der Waals surface area contributed by atoms with Crippen molar-refractivity contribution in [1.82, 2.24) is 10.0 Å². The van der Waals surface area contributed by atoms with Crippen LogP contribution >= 0.6 is 0 Å². The first kappa shape index (κ1) is 23.6. The molecule has 0 saturated heterocycles. The molecule has 28 heavy (non-hydrogen) atoms. The molecule has 0 aliphatic carbocycles. The second-order valence-electron chi connectivity index (χ2n) is 6.61. The van der Waals surface area contributed by atoms with Crippen molar-refractivity contribution in [3.63, 3.8) is 0 Å². The predicted octanol–water partition coefficient (Wildman–Crippen LogP) is 1.02. The van der Waals surface area contributed by atoms with Gasteiger partial charge >= 0.3 is 5.97 Å². The summed E-state index contributed by atoms with van der Waals surface area (Å²) in [6.45, 7) is 6.53. The normalized spacial score (nSPS) is 12.3. The molecule has 9 nitrogen and oxygen atoms in total. The minimum atomic E-state index is -3.81. The summed E-state index contributed by atoms with van der Waals surface area (Å²) < 4.78 is 31.5. The van der Waals surface area contributed by atoms with Crippen molar-refractivity contribution >= 4 is 33.5 Å². The summed E-state index contributed by atoms with van der Waals surface area (Å²) >= 11 is 0. The quantitative estimate of drug-likeness (QED) is 0.491. The number of amides is 2. The highest BCUT2D eigenvalue weighted by Gasteiger charge is 2.16. The molecule has 0 aliphatic heterocycles. The van der Waals surface area contributed by atoms with Crippen molar-refractivity contribution in [3.05, 3.63) is 24.3 Å². The number of carbonyl (C=O) groups excluding carboxylic acids is 3. The van der Waals surface area contributed by atoms with Crippen LogP contribution in [0, 0.1) is 5.92 Å². The van der Waals surface area contributed by atoms with Gasteiger partial charge in [-0.3, -0.25) is 14.4 Å². The van der Waals surface area contributed by atoms with Gasteiger partial charge in [0.05, 0.1) is 11.3 Å². The van der Waals surface area contributed by atoms with Gasteiger partial charge in [-0.2, -0.15) is 0 Å². The number of nitrogens with one attached hydrogen (secondary N) is 3. The number of benzene rings is 1. The second-order valence-corrected chi connectivity index (χ2v) is 8.38. The van der Waals surface area contributed by atoms with Gasteiger partial charge in [-0.25, -0.2) is 13.1 Å². The Hall–Kier alpha value is -2.46. The number of hydrogen-bond acceptors (Lipinski definition) is 6. The Morgan fingerprint density at radius 2 is 1.68 bits per heavy atom. The third-order valence-electron chi connectivity index (χ3n) is 3.86. The Morgan fingerprint density at radius 3 is 2.21 bits per heavy atom. The first-order chi connectivity index (χ1) is 13.0. The van der Waals surface area contributed by atoms with Gasteiger partial charge in [-0.1, -0.05) is 13.8 Å². The first-order valence-electron chi connectivity index (χ1n) is 8.83. The molecule has 1 rings (SSSR count). The fourth-order valence-corrected chi connectivity index (χ4v) is 3.00. The van der Waals surface area contributed by atoms with E-state index in [9.17, 15) is 22.8 Å². The monoisotopic (exact) mass is 413 g/mol. The Morgan fingerprint density at radius 1 is 1.07 bits per heavy atom. The topological polar surface area (TPSA) is 131 Å². The van der Waals surface area contributed by atoms with Gasteiger partial charge in [0.1, 0.15) is 0 Å². The van der Waals surface area contributed by atoms with Crippen molar-refractivity contribution in [3.8, 4) is 0 Å². The molecule has 0 spiro atoms. The largest absolute Gasteiger partial charge is 0.456 e. The summed E-state index contributed by atoms with van der Waals surface area (Å²) in [6, 6.07) is 5.55. The van der Waals surface area contributed by atoms with E-state index in [4.69, 9.17) is 4.74 Å². The SMILES string of the molecule is CC(=O)Nc1ccc(S(=O)(=O)NCCC(=O)OCC(=O)N[C@H](C)C(C)C)cc1. The highest BCUT2D eigenvalue weighted by atomic mass is 32.2. The summed E-state index contributed by atoms with van der Waals surface area (Å²) in [4.78, 5) is 34.3. The van der Waals surface area contributed by atoms with Crippen LogP contribution in [0.5, 0.6) is 0 Å². The van der Waals surface area contributed by atoms with Crippen LogP contribution in [-0.4, -0.2) is 45.4 Å². The standard InChI is InChI=1S/C18H27N3O6S/c1-12(2)13(3)20-17(23)11-27-18(24)9-10-19-28(25,26)16-7-5-15(6-8-16)21-14(4)22/h5-8,12-13,19H,9-11H2,1-4H3,(H,20,23)(H,21,22)/t13-/m1/s1. The number of carbonyl (C=O) groups is 3. The van der Waals surface area contributed by atoms with Crippen LogP contribution in [0.3, 0.4) is 0 Å². The maximum Gasteiger partial charge on any atom is 0.307 e. The predicted molar refractivity (Wildman–Crippen MR) is 104 cm³/mol. The van der Waals surface area contributed by atoms with E-state index in [1.807, 2.05) is 20.8 Å². The Bertz CT molecular complexity index is 790. The molecule has 3 N–H and O–H groups in total. The highest BCUT2D eigenvalue weighted by Crippen LogP contribution is 2.13. The minimum absolute atomic E-state index is 0.00276. The van der Waals surface area contributed by atoms with Crippen LogP contribution in [0.4, 0.5) is 5.69 Å². The van der Waals surface area contributed by atoms with Gasteiger partial charge in [0, 0.05) is 25.2 Å². The van der Waals surface area contributed by atoms with Crippen molar-refractivity contribution in [2.24, 2.45) is 5.92 Å². The summed E-state index contributed by atoms with van der Waals surface area (Å²) in [6.07, 6.45) is -0.212. The van der Waals surface area contributed by atoms with E-state index >= 15 is 0 Å². The number of esters is 1. The lowest BCUT2D eigenvalue weighted by molar-refractivity contribution is -0.148. The second kappa shape index (κ2) is 10.8. The molecule has 0 aromatic heterocycles. The van der Waals surface area contributed by atoms with E-state index in [-0.39, 0.29) is 35.7 Å². The zero-order valence-electron chi connectivity index (χ0n) is 16.4. The zero-order chi connectivity index (χ0) is 21.3. The number of rotatable bonds is 10. The third-order valence-corrected chi connectivity index (χ3v) is 5.34. The van der Waals surface area contributed by atoms with Crippen molar-refractivity contribution < 1.29 is 27.5 Å². The molecular formula is C18H27N3O6S. The molecule has 0 radical (unpaired) electrons. The van der Waals surface area contributed by atoms with Crippen molar-refractivity contribution in [2.45, 2.75) is 45.1 Å². The van der Waals surface area contributed by atoms with Crippen LogP contribution in [0.25, 0.3) is 0 Å². The molecule has 1 aromatic rings. The number of hydrogen-bond donors (Lipinski definition) is 3. The average molecular weight is 413 g/mol. The molecule has 2 amide bonds. The summed E-state index contributed by atoms with van der Waals surface area (Å²) in [5.74, 6) is -1.11. The molecule has 0 unspecified atom stereocenters. The van der Waals surface area contributed by atoms with Crippen LogP contribution in [0.1, 0.15) is 34.1 Å². The lowest BCUT2D eigenvalue weighted by atomic mass is 10.1. The third kappa shape index (κ3) is 8.49. The van der Waals surface area contributed by atoms with E-state index in [2.05, 4.69) is 15.4 Å². The Balaban J connectivity index is 2.41. The first-order valence-corrected chi connectivity index (χ1v) is 10.3. The molecule has 0 saturated carbocycles. The number of sulfonamides is 1. The molecule has 10 heteroatoms. The van der Waals surface area contributed by atoms with Gasteiger partial charge in [-0.15, -0.1) is 0 Å². The summed E-state index contributed by atoms with van der Waals surface area (Å²) in [5, 5.41) is 5.23. The van der Waals surface area contributed by atoms with Crippen molar-refractivity contribution in [1.29, 1.82) is 0 Å². The molecule has 1 aromatic carbocycles.